The number of carboxylic acid groups (broad SMARTS) is 1. The summed E-state index contributed by atoms with van der Waals surface area (Å²) in [4.78, 5) is 47.6. The van der Waals surface area contributed by atoms with Crippen molar-refractivity contribution in [2.75, 3.05) is 18.6 Å². The van der Waals surface area contributed by atoms with Gasteiger partial charge in [-0.3, -0.25) is 19.2 Å². The van der Waals surface area contributed by atoms with Crippen molar-refractivity contribution in [2.24, 2.45) is 5.73 Å². The van der Waals surface area contributed by atoms with E-state index in [1.165, 1.54) is 6.92 Å². The predicted octanol–water partition coefficient (Wildman–Crippen LogP) is -0.500. The Morgan fingerprint density at radius 3 is 2.31 bits per heavy atom. The van der Waals surface area contributed by atoms with Crippen LogP contribution in [0.4, 0.5) is 0 Å². The number of amides is 3. The van der Waals surface area contributed by atoms with Crippen LogP contribution in [0.2, 0.25) is 0 Å². The minimum Gasteiger partial charge on any atom is -0.480 e. The van der Waals surface area contributed by atoms with Crippen molar-refractivity contribution >= 4 is 35.5 Å². The van der Waals surface area contributed by atoms with Crippen LogP contribution in [0.1, 0.15) is 18.9 Å². The Labute approximate surface area is 174 Å². The van der Waals surface area contributed by atoms with Crippen LogP contribution in [-0.2, 0) is 25.6 Å². The summed E-state index contributed by atoms with van der Waals surface area (Å²) in [6.07, 6.45) is 2.56. The zero-order chi connectivity index (χ0) is 21.8. The number of hydrogen-bond acceptors (Lipinski definition) is 6. The fourth-order valence-corrected chi connectivity index (χ4v) is 2.89. The molecule has 9 nitrogen and oxygen atoms in total. The zero-order valence-electron chi connectivity index (χ0n) is 16.5. The maximum absolute atomic E-state index is 12.5. The second-order valence-corrected chi connectivity index (χ2v) is 7.47. The number of carbonyl (C=O) groups is 4. The van der Waals surface area contributed by atoms with Gasteiger partial charge in [0.25, 0.3) is 0 Å². The van der Waals surface area contributed by atoms with E-state index in [4.69, 9.17) is 10.8 Å². The summed E-state index contributed by atoms with van der Waals surface area (Å²) in [6, 6.07) is 6.36. The summed E-state index contributed by atoms with van der Waals surface area (Å²) in [5, 5.41) is 16.1. The van der Waals surface area contributed by atoms with Crippen LogP contribution in [0.15, 0.2) is 30.3 Å². The standard InChI is InChI=1S/C19H28N4O5S/c1-12(22-18(27)14(20)8-9-29-2)17(26)23-15(19(28)21-11-16(24)25)10-13-6-4-3-5-7-13/h3-7,12,14-15H,8-11,20H2,1-2H3,(H,21,28)(H,22,27)(H,23,26)(H,24,25). The van der Waals surface area contributed by atoms with Gasteiger partial charge in [0.2, 0.25) is 17.7 Å². The third kappa shape index (κ3) is 9.44. The minimum atomic E-state index is -1.19. The van der Waals surface area contributed by atoms with E-state index < -0.39 is 48.4 Å². The van der Waals surface area contributed by atoms with Gasteiger partial charge in [0.05, 0.1) is 6.04 Å². The van der Waals surface area contributed by atoms with Gasteiger partial charge >= 0.3 is 5.97 Å². The van der Waals surface area contributed by atoms with E-state index >= 15 is 0 Å². The van der Waals surface area contributed by atoms with E-state index in [0.717, 1.165) is 11.3 Å². The SMILES string of the molecule is CSCCC(N)C(=O)NC(C)C(=O)NC(Cc1ccccc1)C(=O)NCC(=O)O. The summed E-state index contributed by atoms with van der Waals surface area (Å²) in [6.45, 7) is 0.930. The van der Waals surface area contributed by atoms with Gasteiger partial charge in [-0.25, -0.2) is 0 Å². The number of aliphatic carboxylic acids is 1. The lowest BCUT2D eigenvalue weighted by Crippen LogP contribution is -2.55. The van der Waals surface area contributed by atoms with Crippen molar-refractivity contribution < 1.29 is 24.3 Å². The fraction of sp³-hybridized carbons (Fsp3) is 0.474. The van der Waals surface area contributed by atoms with Crippen molar-refractivity contribution in [1.82, 2.24) is 16.0 Å². The van der Waals surface area contributed by atoms with Gasteiger partial charge in [-0.2, -0.15) is 11.8 Å². The normalized spacial score (nSPS) is 13.6. The molecule has 1 aromatic rings. The van der Waals surface area contributed by atoms with Crippen molar-refractivity contribution in [3.63, 3.8) is 0 Å². The second kappa shape index (κ2) is 12.8. The third-order valence-electron chi connectivity index (χ3n) is 4.05. The van der Waals surface area contributed by atoms with Gasteiger partial charge in [0.15, 0.2) is 0 Å². The first-order valence-electron chi connectivity index (χ1n) is 9.13. The molecular weight excluding hydrogens is 396 g/mol. The van der Waals surface area contributed by atoms with Gasteiger partial charge in [-0.15, -0.1) is 0 Å². The molecule has 1 aromatic carbocycles. The van der Waals surface area contributed by atoms with Crippen LogP contribution in [0, 0.1) is 0 Å². The molecule has 0 spiro atoms. The van der Waals surface area contributed by atoms with E-state index in [9.17, 15) is 19.2 Å². The number of rotatable bonds is 12. The molecule has 3 unspecified atom stereocenters. The smallest absolute Gasteiger partial charge is 0.322 e. The summed E-state index contributed by atoms with van der Waals surface area (Å²) in [7, 11) is 0. The lowest BCUT2D eigenvalue weighted by atomic mass is 10.0. The molecule has 1 rings (SSSR count). The summed E-state index contributed by atoms with van der Waals surface area (Å²) in [5.41, 5.74) is 6.59. The Bertz CT molecular complexity index is 701. The van der Waals surface area contributed by atoms with E-state index in [1.54, 1.807) is 36.0 Å². The van der Waals surface area contributed by atoms with E-state index in [2.05, 4.69) is 16.0 Å². The maximum atomic E-state index is 12.5. The largest absolute Gasteiger partial charge is 0.480 e. The number of thioether (sulfide) groups is 1. The second-order valence-electron chi connectivity index (χ2n) is 6.48. The van der Waals surface area contributed by atoms with Gasteiger partial charge in [0, 0.05) is 6.42 Å². The van der Waals surface area contributed by atoms with Crippen molar-refractivity contribution in [3.8, 4) is 0 Å². The summed E-state index contributed by atoms with van der Waals surface area (Å²) < 4.78 is 0. The van der Waals surface area contributed by atoms with Crippen LogP contribution >= 0.6 is 11.8 Å². The Balaban J connectivity index is 2.74. The molecule has 6 N–H and O–H groups in total. The molecule has 10 heteroatoms. The minimum absolute atomic E-state index is 0.173. The predicted molar refractivity (Wildman–Crippen MR) is 111 cm³/mol. The highest BCUT2D eigenvalue weighted by molar-refractivity contribution is 7.98. The molecule has 0 aromatic heterocycles. The van der Waals surface area contributed by atoms with Crippen molar-refractivity contribution in [3.05, 3.63) is 35.9 Å². The molecule has 3 atom stereocenters. The quantitative estimate of drug-likeness (QED) is 0.303. The Kier molecular flexibility index (Phi) is 10.8. The van der Waals surface area contributed by atoms with Crippen molar-refractivity contribution in [2.45, 2.75) is 37.9 Å². The van der Waals surface area contributed by atoms with Gasteiger partial charge in [-0.05, 0) is 30.9 Å². The number of benzene rings is 1. The summed E-state index contributed by atoms with van der Waals surface area (Å²) >= 11 is 1.57. The molecule has 0 aliphatic rings. The molecule has 0 aliphatic heterocycles. The van der Waals surface area contributed by atoms with Gasteiger partial charge in [-0.1, -0.05) is 30.3 Å². The monoisotopic (exact) mass is 424 g/mol. The van der Waals surface area contributed by atoms with E-state index in [0.29, 0.717) is 6.42 Å². The third-order valence-corrected chi connectivity index (χ3v) is 4.70. The van der Waals surface area contributed by atoms with E-state index in [-0.39, 0.29) is 6.42 Å². The number of carboxylic acids is 1. The number of nitrogens with two attached hydrogens (primary N) is 1. The highest BCUT2D eigenvalue weighted by Gasteiger charge is 2.26. The van der Waals surface area contributed by atoms with Gasteiger partial charge in [0.1, 0.15) is 18.6 Å². The average Bonchev–Trinajstić information content (AvgIpc) is 2.70. The number of nitrogens with one attached hydrogen (secondary N) is 3. The topological polar surface area (TPSA) is 151 Å². The first-order valence-corrected chi connectivity index (χ1v) is 10.5. The van der Waals surface area contributed by atoms with Gasteiger partial charge < -0.3 is 26.8 Å². The molecule has 0 fully saturated rings. The van der Waals surface area contributed by atoms with Crippen molar-refractivity contribution in [1.29, 1.82) is 0 Å². The fourth-order valence-electron chi connectivity index (χ4n) is 2.40. The molecule has 0 saturated carbocycles. The lowest BCUT2D eigenvalue weighted by Gasteiger charge is -2.22. The zero-order valence-corrected chi connectivity index (χ0v) is 17.3. The van der Waals surface area contributed by atoms with Crippen LogP contribution in [-0.4, -0.2) is 65.5 Å². The van der Waals surface area contributed by atoms with Crippen LogP contribution in [0.25, 0.3) is 0 Å². The molecule has 0 bridgehead atoms. The first kappa shape index (κ1) is 24.4. The van der Waals surface area contributed by atoms with Crippen LogP contribution in [0.3, 0.4) is 0 Å². The molecular formula is C19H28N4O5S. The average molecular weight is 425 g/mol. The molecule has 0 aliphatic carbocycles. The number of hydrogen-bond donors (Lipinski definition) is 5. The Hall–Kier alpha value is -2.59. The van der Waals surface area contributed by atoms with Crippen LogP contribution < -0.4 is 21.7 Å². The number of carbonyl (C=O) groups excluding carboxylic acids is 3. The maximum Gasteiger partial charge on any atom is 0.322 e. The molecule has 3 amide bonds. The molecule has 29 heavy (non-hydrogen) atoms. The van der Waals surface area contributed by atoms with E-state index in [1.807, 2.05) is 12.3 Å². The molecule has 0 radical (unpaired) electrons. The Morgan fingerprint density at radius 1 is 1.07 bits per heavy atom. The molecule has 0 heterocycles. The highest BCUT2D eigenvalue weighted by atomic mass is 32.2. The molecule has 0 saturated heterocycles. The first-order chi connectivity index (χ1) is 13.7. The molecule has 160 valence electrons. The summed E-state index contributed by atoms with van der Waals surface area (Å²) in [5.74, 6) is -2.11. The van der Waals surface area contributed by atoms with Crippen LogP contribution in [0.5, 0.6) is 0 Å². The highest BCUT2D eigenvalue weighted by Crippen LogP contribution is 2.04. The lowest BCUT2D eigenvalue weighted by molar-refractivity contribution is -0.138. The Morgan fingerprint density at radius 2 is 1.72 bits per heavy atom.